The van der Waals surface area contributed by atoms with E-state index in [-0.39, 0.29) is 31.1 Å². The molecule has 0 saturated heterocycles. The van der Waals surface area contributed by atoms with Crippen molar-refractivity contribution in [3.05, 3.63) is 48.6 Å². The van der Waals surface area contributed by atoms with Gasteiger partial charge in [0.2, 0.25) is 0 Å². The molecule has 0 aromatic rings. The first-order valence-corrected chi connectivity index (χ1v) is 34.6. The maximum Gasteiger partial charge on any atom is 0.306 e. The van der Waals surface area contributed by atoms with Crippen molar-refractivity contribution < 1.29 is 28.6 Å². The highest BCUT2D eigenvalue weighted by atomic mass is 16.6. The number of carbonyl (C=O) groups is 3. The van der Waals surface area contributed by atoms with Gasteiger partial charge in [-0.3, -0.25) is 14.4 Å². The van der Waals surface area contributed by atoms with Crippen molar-refractivity contribution >= 4 is 17.9 Å². The molecule has 456 valence electrons. The number of hydrogen-bond acceptors (Lipinski definition) is 6. The molecule has 1 unspecified atom stereocenters. The summed E-state index contributed by atoms with van der Waals surface area (Å²) < 4.78 is 17.0. The molecule has 0 aliphatic carbocycles. The molecule has 0 amide bonds. The van der Waals surface area contributed by atoms with Crippen LogP contribution in [0, 0.1) is 0 Å². The van der Waals surface area contributed by atoms with Gasteiger partial charge in [0, 0.05) is 19.3 Å². The van der Waals surface area contributed by atoms with E-state index in [2.05, 4.69) is 69.4 Å². The van der Waals surface area contributed by atoms with Gasteiger partial charge in [0.15, 0.2) is 6.10 Å². The lowest BCUT2D eigenvalue weighted by Gasteiger charge is -2.18. The molecule has 0 heterocycles. The molecule has 78 heavy (non-hydrogen) atoms. The molecule has 1 atom stereocenters. The second kappa shape index (κ2) is 66.9. The second-order valence-corrected chi connectivity index (χ2v) is 23.4. The van der Waals surface area contributed by atoms with Gasteiger partial charge < -0.3 is 14.2 Å². The predicted molar refractivity (Wildman–Crippen MR) is 339 cm³/mol. The topological polar surface area (TPSA) is 78.9 Å². The van der Waals surface area contributed by atoms with Crippen LogP contribution in [0.1, 0.15) is 374 Å². The summed E-state index contributed by atoms with van der Waals surface area (Å²) in [5.41, 5.74) is 0. The second-order valence-electron chi connectivity index (χ2n) is 23.4. The van der Waals surface area contributed by atoms with Gasteiger partial charge in [0.25, 0.3) is 0 Å². The average Bonchev–Trinajstić information content (AvgIpc) is 3.44. The Morgan fingerprint density at radius 1 is 0.256 bits per heavy atom. The van der Waals surface area contributed by atoms with Crippen molar-refractivity contribution in [2.75, 3.05) is 13.2 Å². The Labute approximate surface area is 486 Å². The van der Waals surface area contributed by atoms with Crippen LogP contribution in [-0.4, -0.2) is 37.2 Å². The third kappa shape index (κ3) is 64.2. The Morgan fingerprint density at radius 3 is 0.744 bits per heavy atom. The lowest BCUT2D eigenvalue weighted by atomic mass is 10.0. The predicted octanol–water partition coefficient (Wildman–Crippen LogP) is 23.7. The number of rotatable bonds is 64. The summed E-state index contributed by atoms with van der Waals surface area (Å²) >= 11 is 0. The lowest BCUT2D eigenvalue weighted by molar-refractivity contribution is -0.167. The molecule has 0 spiro atoms. The summed E-state index contributed by atoms with van der Waals surface area (Å²) in [6.45, 7) is 6.65. The van der Waals surface area contributed by atoms with E-state index < -0.39 is 6.10 Å². The fourth-order valence-corrected chi connectivity index (χ4v) is 10.3. The molecule has 0 saturated carbocycles. The Balaban J connectivity index is 4.23. The minimum absolute atomic E-state index is 0.0735. The van der Waals surface area contributed by atoms with Crippen LogP contribution in [0.2, 0.25) is 0 Å². The Hall–Kier alpha value is -2.63. The number of unbranched alkanes of at least 4 members (excludes halogenated alkanes) is 45. The molecule has 0 aromatic heterocycles. The number of ether oxygens (including phenoxy) is 3. The largest absolute Gasteiger partial charge is 0.462 e. The molecule has 0 aliphatic heterocycles. The minimum atomic E-state index is -0.777. The molecule has 0 rings (SSSR count). The molecule has 6 heteroatoms. The van der Waals surface area contributed by atoms with Crippen LogP contribution in [-0.2, 0) is 28.6 Å². The summed E-state index contributed by atoms with van der Waals surface area (Å²) in [6.07, 6.45) is 84.2. The first-order valence-electron chi connectivity index (χ1n) is 34.6. The average molecular weight is 1090 g/mol. The van der Waals surface area contributed by atoms with Gasteiger partial charge in [0.05, 0.1) is 0 Å². The van der Waals surface area contributed by atoms with Gasteiger partial charge in [-0.25, -0.2) is 0 Å². The van der Waals surface area contributed by atoms with E-state index in [1.165, 1.54) is 263 Å². The summed E-state index contributed by atoms with van der Waals surface area (Å²) in [7, 11) is 0. The van der Waals surface area contributed by atoms with E-state index in [9.17, 15) is 14.4 Å². The zero-order chi connectivity index (χ0) is 56.4. The molecule has 0 bridgehead atoms. The van der Waals surface area contributed by atoms with Crippen molar-refractivity contribution in [1.82, 2.24) is 0 Å². The van der Waals surface area contributed by atoms with E-state index in [0.29, 0.717) is 19.3 Å². The van der Waals surface area contributed by atoms with Crippen LogP contribution >= 0.6 is 0 Å². The van der Waals surface area contributed by atoms with Crippen LogP contribution in [0.25, 0.3) is 0 Å². The zero-order valence-electron chi connectivity index (χ0n) is 52.5. The van der Waals surface area contributed by atoms with Crippen molar-refractivity contribution in [2.45, 2.75) is 380 Å². The van der Waals surface area contributed by atoms with Gasteiger partial charge in [-0.05, 0) is 103 Å². The standard InChI is InChI=1S/C72H132O6/c1-4-7-10-13-16-19-22-25-27-29-31-33-35-36-38-39-41-43-45-47-50-53-56-59-62-65-71(74)77-68-69(67-76-70(73)64-61-58-55-52-49-24-21-18-15-12-9-6-3)78-72(75)66-63-60-57-54-51-48-46-44-42-40-37-34-32-30-28-26-23-20-17-14-11-8-5-2/h18,21,23,26,29-32,69H,4-17,19-20,22,24-25,27-28,33-68H2,1-3H3/b21-18-,26-23-,31-29-,32-30-. The Morgan fingerprint density at radius 2 is 0.462 bits per heavy atom. The van der Waals surface area contributed by atoms with Gasteiger partial charge in [0.1, 0.15) is 13.2 Å². The van der Waals surface area contributed by atoms with E-state index in [4.69, 9.17) is 14.2 Å². The van der Waals surface area contributed by atoms with Crippen molar-refractivity contribution in [3.63, 3.8) is 0 Å². The van der Waals surface area contributed by atoms with Crippen LogP contribution in [0.15, 0.2) is 48.6 Å². The Kier molecular flexibility index (Phi) is 64.6. The summed E-state index contributed by atoms with van der Waals surface area (Å²) in [6, 6.07) is 0. The quantitative estimate of drug-likeness (QED) is 0.0261. The molecule has 0 N–H and O–H groups in total. The highest BCUT2D eigenvalue weighted by molar-refractivity contribution is 5.71. The smallest absolute Gasteiger partial charge is 0.306 e. The summed E-state index contributed by atoms with van der Waals surface area (Å²) in [4.78, 5) is 38.4. The molecule has 0 radical (unpaired) electrons. The SMILES string of the molecule is CCCCC/C=C\CCCCCCCC(=O)OCC(COC(=O)CCCCCCCCCCCCCCC/C=C\CCCCCCCCCC)OC(=O)CCCCCCCCCCCCC/C=C\C/C=C\CCCCCCC. The van der Waals surface area contributed by atoms with Gasteiger partial charge in [-0.15, -0.1) is 0 Å². The molecule has 0 aliphatic rings. The van der Waals surface area contributed by atoms with E-state index in [1.54, 1.807) is 0 Å². The van der Waals surface area contributed by atoms with Crippen LogP contribution in [0.3, 0.4) is 0 Å². The molecule has 0 aromatic carbocycles. The van der Waals surface area contributed by atoms with Gasteiger partial charge in [-0.2, -0.15) is 0 Å². The summed E-state index contributed by atoms with van der Waals surface area (Å²) in [5, 5.41) is 0. The van der Waals surface area contributed by atoms with E-state index in [0.717, 1.165) is 70.6 Å². The molecular weight excluding hydrogens is 961 g/mol. The first kappa shape index (κ1) is 75.4. The van der Waals surface area contributed by atoms with E-state index >= 15 is 0 Å². The number of allylic oxidation sites excluding steroid dienone is 8. The van der Waals surface area contributed by atoms with Crippen molar-refractivity contribution in [1.29, 1.82) is 0 Å². The first-order chi connectivity index (χ1) is 38.5. The van der Waals surface area contributed by atoms with Crippen molar-refractivity contribution in [2.24, 2.45) is 0 Å². The van der Waals surface area contributed by atoms with Crippen LogP contribution < -0.4 is 0 Å². The fourth-order valence-electron chi connectivity index (χ4n) is 10.3. The third-order valence-electron chi connectivity index (χ3n) is 15.5. The normalized spacial score (nSPS) is 12.3. The maximum atomic E-state index is 12.9. The van der Waals surface area contributed by atoms with Gasteiger partial charge in [-0.1, -0.05) is 301 Å². The number of esters is 3. The highest BCUT2D eigenvalue weighted by Gasteiger charge is 2.19. The van der Waals surface area contributed by atoms with Crippen molar-refractivity contribution in [3.8, 4) is 0 Å². The number of hydrogen-bond donors (Lipinski definition) is 0. The third-order valence-corrected chi connectivity index (χ3v) is 15.5. The minimum Gasteiger partial charge on any atom is -0.462 e. The highest BCUT2D eigenvalue weighted by Crippen LogP contribution is 2.18. The number of carbonyl (C=O) groups excluding carboxylic acids is 3. The molecule has 0 fully saturated rings. The zero-order valence-corrected chi connectivity index (χ0v) is 52.5. The van der Waals surface area contributed by atoms with Crippen LogP contribution in [0.4, 0.5) is 0 Å². The fraction of sp³-hybridized carbons (Fsp3) is 0.847. The lowest BCUT2D eigenvalue weighted by Crippen LogP contribution is -2.30. The monoisotopic (exact) mass is 1090 g/mol. The molecule has 6 nitrogen and oxygen atoms in total. The maximum absolute atomic E-state index is 12.9. The summed E-state index contributed by atoms with van der Waals surface area (Å²) in [5.74, 6) is -0.863. The Bertz CT molecular complexity index is 1350. The van der Waals surface area contributed by atoms with Gasteiger partial charge >= 0.3 is 17.9 Å². The van der Waals surface area contributed by atoms with E-state index in [1.807, 2.05) is 0 Å². The van der Waals surface area contributed by atoms with Crippen LogP contribution in [0.5, 0.6) is 0 Å². The molecular formula is C72H132O6.